The van der Waals surface area contributed by atoms with E-state index in [-0.39, 0.29) is 5.69 Å². The van der Waals surface area contributed by atoms with Crippen molar-refractivity contribution in [3.05, 3.63) is 35.3 Å². The highest BCUT2D eigenvalue weighted by atomic mass is 16.5. The maximum absolute atomic E-state index is 11.3. The van der Waals surface area contributed by atoms with Crippen molar-refractivity contribution in [2.24, 2.45) is 0 Å². The van der Waals surface area contributed by atoms with Crippen molar-refractivity contribution in [3.63, 3.8) is 0 Å². The molecule has 0 aliphatic heterocycles. The first kappa shape index (κ1) is 13.1. The number of aromatic carboxylic acids is 1. The standard InChI is InChI=1S/C14H16N2O3/c1-4-9-5-6-11(19-3)10(7-9)12-13(14(17)18)16-8(2)15-12/h5-7H,4H2,1-3H3,(H,15,16)(H,17,18). The molecule has 0 aliphatic carbocycles. The number of imidazole rings is 1. The molecule has 1 aromatic heterocycles. The Labute approximate surface area is 111 Å². The number of rotatable bonds is 4. The third-order valence-corrected chi connectivity index (χ3v) is 2.96. The summed E-state index contributed by atoms with van der Waals surface area (Å²) in [6, 6.07) is 5.72. The number of aryl methyl sites for hydroxylation is 2. The van der Waals surface area contributed by atoms with Crippen LogP contribution < -0.4 is 4.74 Å². The molecular formula is C14H16N2O3. The highest BCUT2D eigenvalue weighted by Gasteiger charge is 2.19. The molecule has 0 amide bonds. The molecule has 0 aliphatic rings. The number of aromatic amines is 1. The van der Waals surface area contributed by atoms with Crippen molar-refractivity contribution in [1.29, 1.82) is 0 Å². The molecule has 0 fully saturated rings. The molecule has 0 unspecified atom stereocenters. The molecule has 2 rings (SSSR count). The van der Waals surface area contributed by atoms with Gasteiger partial charge in [0.05, 0.1) is 7.11 Å². The minimum atomic E-state index is -1.03. The zero-order chi connectivity index (χ0) is 14.0. The molecular weight excluding hydrogens is 244 g/mol. The maximum Gasteiger partial charge on any atom is 0.354 e. The fourth-order valence-corrected chi connectivity index (χ4v) is 2.00. The summed E-state index contributed by atoms with van der Waals surface area (Å²) < 4.78 is 5.30. The highest BCUT2D eigenvalue weighted by Crippen LogP contribution is 2.32. The fraction of sp³-hybridized carbons (Fsp3) is 0.286. The van der Waals surface area contributed by atoms with Crippen molar-refractivity contribution >= 4 is 5.97 Å². The Bertz CT molecular complexity index is 617. The van der Waals surface area contributed by atoms with Crippen LogP contribution in [0, 0.1) is 6.92 Å². The number of aromatic nitrogens is 2. The van der Waals surface area contributed by atoms with E-state index in [1.807, 2.05) is 25.1 Å². The molecule has 1 heterocycles. The first-order valence-corrected chi connectivity index (χ1v) is 6.04. The number of nitrogens with zero attached hydrogens (tertiary/aromatic N) is 1. The fourth-order valence-electron chi connectivity index (χ4n) is 2.00. The number of nitrogens with one attached hydrogen (secondary N) is 1. The molecule has 0 spiro atoms. The van der Waals surface area contributed by atoms with Crippen LogP contribution >= 0.6 is 0 Å². The molecule has 0 saturated carbocycles. The number of carboxylic acids is 1. The van der Waals surface area contributed by atoms with Gasteiger partial charge in [0.1, 0.15) is 17.3 Å². The van der Waals surface area contributed by atoms with Crippen LogP contribution in [0.25, 0.3) is 11.3 Å². The first-order chi connectivity index (χ1) is 9.06. The molecule has 100 valence electrons. The second-order valence-electron chi connectivity index (χ2n) is 4.24. The number of ether oxygens (including phenoxy) is 1. The van der Waals surface area contributed by atoms with Gasteiger partial charge >= 0.3 is 5.97 Å². The number of carboxylic acid groups (broad SMARTS) is 1. The zero-order valence-electron chi connectivity index (χ0n) is 11.2. The van der Waals surface area contributed by atoms with E-state index in [0.717, 1.165) is 12.0 Å². The lowest BCUT2D eigenvalue weighted by Gasteiger charge is -2.09. The minimum absolute atomic E-state index is 0.0871. The Morgan fingerprint density at radius 3 is 2.79 bits per heavy atom. The van der Waals surface area contributed by atoms with Crippen molar-refractivity contribution < 1.29 is 14.6 Å². The summed E-state index contributed by atoms with van der Waals surface area (Å²) in [6.45, 7) is 3.77. The lowest BCUT2D eigenvalue weighted by Crippen LogP contribution is -2.00. The van der Waals surface area contributed by atoms with E-state index in [1.165, 1.54) is 0 Å². The summed E-state index contributed by atoms with van der Waals surface area (Å²) in [5.41, 5.74) is 2.30. The van der Waals surface area contributed by atoms with Crippen LogP contribution in [0.4, 0.5) is 0 Å². The summed E-state index contributed by atoms with van der Waals surface area (Å²) in [7, 11) is 1.56. The third-order valence-electron chi connectivity index (χ3n) is 2.96. The number of hydrogen-bond acceptors (Lipinski definition) is 3. The molecule has 1 aromatic carbocycles. The lowest BCUT2D eigenvalue weighted by molar-refractivity contribution is 0.0692. The normalized spacial score (nSPS) is 10.5. The Morgan fingerprint density at radius 2 is 2.21 bits per heavy atom. The SMILES string of the molecule is CCc1ccc(OC)c(-c2nc(C)[nH]c2C(=O)O)c1. The smallest absolute Gasteiger partial charge is 0.354 e. The number of carbonyl (C=O) groups is 1. The number of methoxy groups -OCH3 is 1. The van der Waals surface area contributed by atoms with Gasteiger partial charge in [0.25, 0.3) is 0 Å². The van der Waals surface area contributed by atoms with Gasteiger partial charge in [-0.3, -0.25) is 0 Å². The Hall–Kier alpha value is -2.30. The van der Waals surface area contributed by atoms with Crippen LogP contribution in [0.2, 0.25) is 0 Å². The van der Waals surface area contributed by atoms with Gasteiger partial charge < -0.3 is 14.8 Å². The number of H-pyrrole nitrogens is 1. The van der Waals surface area contributed by atoms with Gasteiger partial charge in [0.2, 0.25) is 0 Å². The topological polar surface area (TPSA) is 75.2 Å². The van der Waals surface area contributed by atoms with E-state index >= 15 is 0 Å². The van der Waals surface area contributed by atoms with Crippen LogP contribution in [0.1, 0.15) is 28.8 Å². The molecule has 2 aromatic rings. The first-order valence-electron chi connectivity index (χ1n) is 6.04. The van der Waals surface area contributed by atoms with E-state index < -0.39 is 5.97 Å². The van der Waals surface area contributed by atoms with E-state index in [9.17, 15) is 9.90 Å². The van der Waals surface area contributed by atoms with Crippen molar-refractivity contribution in [2.45, 2.75) is 20.3 Å². The van der Waals surface area contributed by atoms with Crippen molar-refractivity contribution in [2.75, 3.05) is 7.11 Å². The quantitative estimate of drug-likeness (QED) is 0.886. The van der Waals surface area contributed by atoms with Crippen molar-refractivity contribution in [3.8, 4) is 17.0 Å². The van der Waals surface area contributed by atoms with Gasteiger partial charge in [-0.25, -0.2) is 9.78 Å². The van der Waals surface area contributed by atoms with Crippen LogP contribution in [0.5, 0.6) is 5.75 Å². The van der Waals surface area contributed by atoms with Gasteiger partial charge in [0.15, 0.2) is 5.69 Å². The minimum Gasteiger partial charge on any atom is -0.496 e. The second-order valence-corrected chi connectivity index (χ2v) is 4.24. The summed E-state index contributed by atoms with van der Waals surface area (Å²) in [5.74, 6) is 0.155. The molecule has 19 heavy (non-hydrogen) atoms. The van der Waals surface area contributed by atoms with E-state index in [1.54, 1.807) is 14.0 Å². The molecule has 5 nitrogen and oxygen atoms in total. The van der Waals surface area contributed by atoms with Crippen LogP contribution in [-0.2, 0) is 6.42 Å². The van der Waals surface area contributed by atoms with E-state index in [2.05, 4.69) is 9.97 Å². The Morgan fingerprint density at radius 1 is 1.47 bits per heavy atom. The average molecular weight is 260 g/mol. The molecule has 0 bridgehead atoms. The zero-order valence-corrected chi connectivity index (χ0v) is 11.2. The van der Waals surface area contributed by atoms with Crippen LogP contribution in [-0.4, -0.2) is 28.2 Å². The molecule has 0 saturated heterocycles. The van der Waals surface area contributed by atoms with Crippen LogP contribution in [0.15, 0.2) is 18.2 Å². The lowest BCUT2D eigenvalue weighted by atomic mass is 10.0. The summed E-state index contributed by atoms with van der Waals surface area (Å²) in [5, 5.41) is 9.22. The van der Waals surface area contributed by atoms with Gasteiger partial charge in [-0.05, 0) is 31.0 Å². The largest absolute Gasteiger partial charge is 0.496 e. The molecule has 2 N–H and O–H groups in total. The average Bonchev–Trinajstić information content (AvgIpc) is 2.80. The molecule has 0 atom stereocenters. The Balaban J connectivity index is 2.66. The number of hydrogen-bond donors (Lipinski definition) is 2. The number of benzene rings is 1. The van der Waals surface area contributed by atoms with E-state index in [4.69, 9.17) is 4.74 Å². The Kier molecular flexibility index (Phi) is 3.55. The van der Waals surface area contributed by atoms with Crippen molar-refractivity contribution in [1.82, 2.24) is 9.97 Å². The van der Waals surface area contributed by atoms with Gasteiger partial charge in [0, 0.05) is 5.56 Å². The monoisotopic (exact) mass is 260 g/mol. The van der Waals surface area contributed by atoms with Gasteiger partial charge in [-0.2, -0.15) is 0 Å². The molecule has 5 heteroatoms. The second kappa shape index (κ2) is 5.14. The predicted molar refractivity (Wildman–Crippen MR) is 71.7 cm³/mol. The summed E-state index contributed by atoms with van der Waals surface area (Å²) >= 11 is 0. The molecule has 0 radical (unpaired) electrons. The van der Waals surface area contributed by atoms with Gasteiger partial charge in [-0.1, -0.05) is 13.0 Å². The third kappa shape index (κ3) is 2.45. The van der Waals surface area contributed by atoms with Crippen LogP contribution in [0.3, 0.4) is 0 Å². The van der Waals surface area contributed by atoms with E-state index in [0.29, 0.717) is 22.8 Å². The predicted octanol–water partition coefficient (Wildman–Crippen LogP) is 2.65. The van der Waals surface area contributed by atoms with Gasteiger partial charge in [-0.15, -0.1) is 0 Å². The summed E-state index contributed by atoms with van der Waals surface area (Å²) in [4.78, 5) is 18.3. The maximum atomic E-state index is 11.3. The highest BCUT2D eigenvalue weighted by molar-refractivity contribution is 5.94. The summed E-state index contributed by atoms with van der Waals surface area (Å²) in [6.07, 6.45) is 0.864.